The summed E-state index contributed by atoms with van der Waals surface area (Å²) in [6.07, 6.45) is 1.68. The van der Waals surface area contributed by atoms with Gasteiger partial charge in [0, 0.05) is 19.0 Å². The first-order chi connectivity index (χ1) is 6.84. The Morgan fingerprint density at radius 3 is 3.07 bits per heavy atom. The van der Waals surface area contributed by atoms with Gasteiger partial charge in [-0.1, -0.05) is 4.49 Å². The van der Waals surface area contributed by atoms with Gasteiger partial charge in [0.25, 0.3) is 0 Å². The van der Waals surface area contributed by atoms with Gasteiger partial charge in [0.1, 0.15) is 6.33 Å². The highest BCUT2D eigenvalue weighted by Crippen LogP contribution is 1.96. The molecule has 0 spiro atoms. The molecule has 0 aliphatic heterocycles. The number of rotatable bonds is 4. The van der Waals surface area contributed by atoms with Crippen LogP contribution in [0.5, 0.6) is 0 Å². The van der Waals surface area contributed by atoms with E-state index in [1.54, 1.807) is 11.0 Å². The van der Waals surface area contributed by atoms with Gasteiger partial charge in [-0.25, -0.2) is 4.98 Å². The molecule has 7 heteroatoms. The maximum atomic E-state index is 4.14. The van der Waals surface area contributed by atoms with Crippen molar-refractivity contribution in [3.8, 4) is 0 Å². The fourth-order valence-electron chi connectivity index (χ4n) is 1.03. The third-order valence-electron chi connectivity index (χ3n) is 1.64. The van der Waals surface area contributed by atoms with Crippen LogP contribution in [0.4, 0.5) is 0 Å². The lowest BCUT2D eigenvalue weighted by molar-refractivity contribution is 0.639. The predicted octanol–water partition coefficient (Wildman–Crippen LogP) is -0.0436. The van der Waals surface area contributed by atoms with E-state index in [0.717, 1.165) is 11.5 Å². The van der Waals surface area contributed by atoms with E-state index in [1.165, 1.54) is 11.5 Å². The molecule has 0 amide bonds. The van der Waals surface area contributed by atoms with Crippen molar-refractivity contribution in [1.82, 2.24) is 29.7 Å². The smallest absolute Gasteiger partial charge is 0.164 e. The van der Waals surface area contributed by atoms with E-state index in [4.69, 9.17) is 0 Å². The summed E-state index contributed by atoms with van der Waals surface area (Å²) < 4.78 is 5.45. The molecule has 0 radical (unpaired) electrons. The van der Waals surface area contributed by atoms with Gasteiger partial charge in [0.2, 0.25) is 0 Å². The molecule has 1 N–H and O–H groups in total. The number of nitrogens with one attached hydrogen (secondary N) is 1. The van der Waals surface area contributed by atoms with Crippen LogP contribution in [0.25, 0.3) is 0 Å². The lowest BCUT2D eigenvalue weighted by Crippen LogP contribution is -2.14. The second kappa shape index (κ2) is 4.25. The molecule has 0 unspecified atom stereocenters. The first-order valence-corrected chi connectivity index (χ1v) is 4.99. The number of aryl methyl sites for hydroxylation is 1. The molecule has 0 fully saturated rings. The molecule has 0 atom stereocenters. The van der Waals surface area contributed by atoms with Gasteiger partial charge in [-0.3, -0.25) is 4.68 Å². The first kappa shape index (κ1) is 9.22. The zero-order chi connectivity index (χ0) is 9.80. The third kappa shape index (κ3) is 2.33. The predicted molar refractivity (Wildman–Crippen MR) is 51.5 cm³/mol. The van der Waals surface area contributed by atoms with Crippen molar-refractivity contribution in [2.24, 2.45) is 7.05 Å². The normalized spacial score (nSPS) is 10.6. The Labute approximate surface area is 85.1 Å². The summed E-state index contributed by atoms with van der Waals surface area (Å²) in [4.78, 5) is 4.09. The first-order valence-electron chi connectivity index (χ1n) is 4.16. The highest BCUT2D eigenvalue weighted by Gasteiger charge is 1.99. The van der Waals surface area contributed by atoms with E-state index in [0.29, 0.717) is 13.1 Å². The molecule has 14 heavy (non-hydrogen) atoms. The summed E-state index contributed by atoms with van der Waals surface area (Å²) >= 11 is 1.35. The van der Waals surface area contributed by atoms with E-state index in [1.807, 2.05) is 12.4 Å². The van der Waals surface area contributed by atoms with E-state index < -0.39 is 0 Å². The van der Waals surface area contributed by atoms with Gasteiger partial charge < -0.3 is 5.32 Å². The van der Waals surface area contributed by atoms with Crippen LogP contribution in [-0.4, -0.2) is 24.4 Å². The van der Waals surface area contributed by atoms with Crippen LogP contribution in [0.3, 0.4) is 0 Å². The lowest BCUT2D eigenvalue weighted by atomic mass is 10.5. The molecular weight excluding hydrogens is 200 g/mol. The van der Waals surface area contributed by atoms with E-state index in [2.05, 4.69) is 25.0 Å². The van der Waals surface area contributed by atoms with E-state index in [9.17, 15) is 0 Å². The van der Waals surface area contributed by atoms with E-state index >= 15 is 0 Å². The standard InChI is InChI=1S/C7H10N6S/c1-13-5-9-7(11-13)3-8-2-6-4-14-12-10-6/h4-5,8H,2-3H2,1H3. The minimum atomic E-state index is 0.651. The Morgan fingerprint density at radius 1 is 1.50 bits per heavy atom. The van der Waals surface area contributed by atoms with Crippen LogP contribution in [0.15, 0.2) is 11.7 Å². The second-order valence-electron chi connectivity index (χ2n) is 2.83. The van der Waals surface area contributed by atoms with Crippen molar-refractivity contribution in [1.29, 1.82) is 0 Å². The maximum absolute atomic E-state index is 4.14. The van der Waals surface area contributed by atoms with Crippen molar-refractivity contribution in [3.05, 3.63) is 23.2 Å². The molecule has 2 aromatic heterocycles. The monoisotopic (exact) mass is 210 g/mol. The van der Waals surface area contributed by atoms with E-state index in [-0.39, 0.29) is 0 Å². The molecule has 0 saturated carbocycles. The molecule has 0 aliphatic rings. The molecular formula is C7H10N6S. The molecule has 0 bridgehead atoms. The Hall–Kier alpha value is -1.34. The minimum absolute atomic E-state index is 0.651. The van der Waals surface area contributed by atoms with Crippen molar-refractivity contribution in [2.75, 3.05) is 0 Å². The van der Waals surface area contributed by atoms with Gasteiger partial charge >= 0.3 is 0 Å². The van der Waals surface area contributed by atoms with Crippen molar-refractivity contribution in [2.45, 2.75) is 13.1 Å². The van der Waals surface area contributed by atoms with Gasteiger partial charge in [0.05, 0.1) is 12.2 Å². The van der Waals surface area contributed by atoms with Gasteiger partial charge in [-0.05, 0) is 11.5 Å². The highest BCUT2D eigenvalue weighted by atomic mass is 32.1. The molecule has 0 saturated heterocycles. The zero-order valence-corrected chi connectivity index (χ0v) is 8.53. The second-order valence-corrected chi connectivity index (χ2v) is 3.44. The zero-order valence-electron chi connectivity index (χ0n) is 7.71. The van der Waals surface area contributed by atoms with Gasteiger partial charge in [-0.2, -0.15) is 5.10 Å². The lowest BCUT2D eigenvalue weighted by Gasteiger charge is -1.96. The minimum Gasteiger partial charge on any atom is -0.304 e. The third-order valence-corrected chi connectivity index (χ3v) is 2.19. The summed E-state index contributed by atoms with van der Waals surface area (Å²) in [6, 6.07) is 0. The fourth-order valence-corrected chi connectivity index (χ4v) is 1.48. The summed E-state index contributed by atoms with van der Waals surface area (Å²) in [7, 11) is 1.85. The van der Waals surface area contributed by atoms with Crippen LogP contribution in [0.2, 0.25) is 0 Å². The quantitative estimate of drug-likeness (QED) is 0.766. The number of nitrogens with zero attached hydrogens (tertiary/aromatic N) is 5. The number of hydrogen-bond donors (Lipinski definition) is 1. The molecule has 2 aromatic rings. The Bertz CT molecular complexity index is 381. The molecule has 2 heterocycles. The average Bonchev–Trinajstić information content (AvgIpc) is 2.77. The fraction of sp³-hybridized carbons (Fsp3) is 0.429. The molecule has 0 aliphatic carbocycles. The van der Waals surface area contributed by atoms with Crippen LogP contribution in [-0.2, 0) is 20.1 Å². The van der Waals surface area contributed by atoms with Crippen LogP contribution in [0, 0.1) is 0 Å². The summed E-state index contributed by atoms with van der Waals surface area (Å²) in [5, 5.41) is 13.2. The average molecular weight is 210 g/mol. The van der Waals surface area contributed by atoms with Crippen LogP contribution < -0.4 is 5.32 Å². The Kier molecular flexibility index (Phi) is 2.80. The molecule has 2 rings (SSSR count). The maximum Gasteiger partial charge on any atom is 0.164 e. The van der Waals surface area contributed by atoms with Gasteiger partial charge in [0.15, 0.2) is 5.82 Å². The Morgan fingerprint density at radius 2 is 2.43 bits per heavy atom. The number of aromatic nitrogens is 5. The summed E-state index contributed by atoms with van der Waals surface area (Å²) in [6.45, 7) is 1.35. The molecule has 6 nitrogen and oxygen atoms in total. The highest BCUT2D eigenvalue weighted by molar-refractivity contribution is 7.03. The Balaban J connectivity index is 1.78. The SMILES string of the molecule is Cn1cnc(CNCc2csnn2)n1. The van der Waals surface area contributed by atoms with Crippen LogP contribution >= 0.6 is 11.5 Å². The van der Waals surface area contributed by atoms with Crippen molar-refractivity contribution >= 4 is 11.5 Å². The molecule has 74 valence electrons. The summed E-state index contributed by atoms with van der Waals surface area (Å²) in [5.41, 5.74) is 0.950. The van der Waals surface area contributed by atoms with Crippen molar-refractivity contribution in [3.63, 3.8) is 0 Å². The van der Waals surface area contributed by atoms with Crippen molar-refractivity contribution < 1.29 is 0 Å². The topological polar surface area (TPSA) is 68.5 Å². The van der Waals surface area contributed by atoms with Gasteiger partial charge in [-0.15, -0.1) is 5.10 Å². The number of hydrogen-bond acceptors (Lipinski definition) is 6. The largest absolute Gasteiger partial charge is 0.304 e. The van der Waals surface area contributed by atoms with Crippen LogP contribution in [0.1, 0.15) is 11.5 Å². The molecule has 0 aromatic carbocycles. The summed E-state index contributed by atoms with van der Waals surface area (Å²) in [5.74, 6) is 0.788.